The molecule has 222 valence electrons. The Hall–Kier alpha value is -6.18. The predicted molar refractivity (Wildman–Crippen MR) is 189 cm³/mol. The first-order valence-electron chi connectivity index (χ1n) is 15.8. The maximum Gasteiger partial charge on any atom is 0.164 e. The summed E-state index contributed by atoms with van der Waals surface area (Å²) in [4.78, 5) is 15.1. The number of fused-ring (bicyclic) bond motifs is 3. The molecule has 47 heavy (non-hydrogen) atoms. The van der Waals surface area contributed by atoms with Crippen LogP contribution in [-0.4, -0.2) is 15.0 Å². The summed E-state index contributed by atoms with van der Waals surface area (Å²) in [7, 11) is 0. The Balaban J connectivity index is 1.25. The molecule has 0 atom stereocenters. The molecule has 1 heterocycles. The van der Waals surface area contributed by atoms with Gasteiger partial charge in [-0.05, 0) is 68.8 Å². The summed E-state index contributed by atoms with van der Waals surface area (Å²) in [6, 6.07) is 52.2. The highest BCUT2D eigenvalue weighted by molar-refractivity contribution is 5.85. The monoisotopic (exact) mass is 602 g/mol. The number of aromatic nitrogens is 3. The summed E-state index contributed by atoms with van der Waals surface area (Å²) >= 11 is 0. The minimum atomic E-state index is -0.174. The lowest BCUT2D eigenvalue weighted by Gasteiger charge is -2.22. The highest BCUT2D eigenvalue weighted by atomic mass is 15.0. The van der Waals surface area contributed by atoms with Gasteiger partial charge in [0.05, 0.1) is 11.6 Å². The fourth-order valence-corrected chi connectivity index (χ4v) is 6.73. The van der Waals surface area contributed by atoms with Crippen LogP contribution in [0.25, 0.3) is 67.5 Å². The van der Waals surface area contributed by atoms with Crippen LogP contribution in [0, 0.1) is 11.3 Å². The maximum atomic E-state index is 9.53. The Labute approximate surface area is 274 Å². The molecule has 0 radical (unpaired) electrons. The van der Waals surface area contributed by atoms with Gasteiger partial charge in [0.25, 0.3) is 0 Å². The standard InChI is InChI=1S/C43H30N4/c1-43(2)38-23-20-28(27-44)24-37(38)35-22-21-32(26-39(35)43)31-16-11-17-33(25-31)41-45-40(30-14-7-4-8-15-30)46-42(47-41)36-19-10-9-18-34(36)29-12-5-3-6-13-29/h3-26H,1-2H3. The summed E-state index contributed by atoms with van der Waals surface area (Å²) in [6.07, 6.45) is 0. The van der Waals surface area contributed by atoms with Crippen molar-refractivity contribution in [3.63, 3.8) is 0 Å². The molecule has 6 aromatic carbocycles. The maximum absolute atomic E-state index is 9.53. The van der Waals surface area contributed by atoms with E-state index >= 15 is 0 Å². The van der Waals surface area contributed by atoms with Crippen LogP contribution in [0.5, 0.6) is 0 Å². The molecule has 0 unspecified atom stereocenters. The van der Waals surface area contributed by atoms with Gasteiger partial charge in [-0.1, -0.05) is 135 Å². The van der Waals surface area contributed by atoms with E-state index in [1.165, 1.54) is 16.7 Å². The van der Waals surface area contributed by atoms with Crippen molar-refractivity contribution in [2.24, 2.45) is 0 Å². The van der Waals surface area contributed by atoms with Gasteiger partial charge in [0.1, 0.15) is 0 Å². The molecule has 4 nitrogen and oxygen atoms in total. The van der Waals surface area contributed by atoms with Gasteiger partial charge < -0.3 is 0 Å². The zero-order chi connectivity index (χ0) is 32.0. The fraction of sp³-hybridized carbons (Fsp3) is 0.0698. The first kappa shape index (κ1) is 28.3. The Morgan fingerprint density at radius 2 is 1.02 bits per heavy atom. The number of benzene rings is 6. The number of nitrogens with zero attached hydrogens (tertiary/aromatic N) is 4. The van der Waals surface area contributed by atoms with Crippen molar-refractivity contribution in [3.8, 4) is 73.6 Å². The van der Waals surface area contributed by atoms with Gasteiger partial charge >= 0.3 is 0 Å². The van der Waals surface area contributed by atoms with Gasteiger partial charge in [-0.3, -0.25) is 0 Å². The highest BCUT2D eigenvalue weighted by Crippen LogP contribution is 2.50. The minimum absolute atomic E-state index is 0.174. The summed E-state index contributed by atoms with van der Waals surface area (Å²) in [5.74, 6) is 1.89. The van der Waals surface area contributed by atoms with Gasteiger partial charge in [-0.2, -0.15) is 5.26 Å². The SMILES string of the molecule is CC1(C)c2ccc(C#N)cc2-c2ccc(-c3cccc(-c4nc(-c5ccccc5)nc(-c5ccccc5-c5ccccc5)n4)c3)cc21. The van der Waals surface area contributed by atoms with E-state index in [-0.39, 0.29) is 5.41 Å². The molecule has 1 aromatic heterocycles. The van der Waals surface area contributed by atoms with Crippen molar-refractivity contribution in [2.45, 2.75) is 19.3 Å². The second kappa shape index (κ2) is 11.3. The lowest BCUT2D eigenvalue weighted by molar-refractivity contribution is 0.660. The van der Waals surface area contributed by atoms with Crippen LogP contribution in [0.1, 0.15) is 30.5 Å². The number of rotatable bonds is 5. The van der Waals surface area contributed by atoms with Gasteiger partial charge in [-0.25, -0.2) is 15.0 Å². The van der Waals surface area contributed by atoms with Crippen molar-refractivity contribution in [1.29, 1.82) is 5.26 Å². The van der Waals surface area contributed by atoms with Gasteiger partial charge in [0.15, 0.2) is 17.5 Å². The average molecular weight is 603 g/mol. The van der Waals surface area contributed by atoms with Crippen LogP contribution < -0.4 is 0 Å². The third-order valence-electron chi connectivity index (χ3n) is 9.18. The molecule has 0 N–H and O–H groups in total. The van der Waals surface area contributed by atoms with Gasteiger partial charge in [0, 0.05) is 22.1 Å². The molecule has 0 amide bonds. The molecular formula is C43H30N4. The summed E-state index contributed by atoms with van der Waals surface area (Å²) in [5.41, 5.74) is 12.6. The lowest BCUT2D eigenvalue weighted by atomic mass is 9.81. The topological polar surface area (TPSA) is 62.5 Å². The average Bonchev–Trinajstić information content (AvgIpc) is 3.37. The Morgan fingerprint density at radius 3 is 1.77 bits per heavy atom. The van der Waals surface area contributed by atoms with Crippen LogP contribution in [0.3, 0.4) is 0 Å². The third-order valence-corrected chi connectivity index (χ3v) is 9.18. The first-order chi connectivity index (χ1) is 23.0. The molecule has 0 aliphatic heterocycles. The Kier molecular flexibility index (Phi) is 6.82. The van der Waals surface area contributed by atoms with Crippen LogP contribution in [0.15, 0.2) is 146 Å². The van der Waals surface area contributed by atoms with Crippen molar-refractivity contribution < 1.29 is 0 Å². The second-order valence-electron chi connectivity index (χ2n) is 12.4. The summed E-state index contributed by atoms with van der Waals surface area (Å²) in [5, 5.41) is 9.53. The highest BCUT2D eigenvalue weighted by Gasteiger charge is 2.35. The smallest absolute Gasteiger partial charge is 0.164 e. The minimum Gasteiger partial charge on any atom is -0.208 e. The van der Waals surface area contributed by atoms with Gasteiger partial charge in [-0.15, -0.1) is 0 Å². The molecule has 1 aliphatic rings. The van der Waals surface area contributed by atoms with Crippen molar-refractivity contribution in [1.82, 2.24) is 15.0 Å². The Bertz CT molecular complexity index is 2330. The predicted octanol–water partition coefficient (Wildman–Crippen LogP) is 10.4. The number of nitriles is 1. The van der Waals surface area contributed by atoms with E-state index in [9.17, 15) is 5.26 Å². The molecular weight excluding hydrogens is 573 g/mol. The molecule has 0 fully saturated rings. The molecule has 8 rings (SSSR count). The molecule has 7 aromatic rings. The van der Waals surface area contributed by atoms with E-state index in [0.717, 1.165) is 44.5 Å². The van der Waals surface area contributed by atoms with Crippen LogP contribution >= 0.6 is 0 Å². The van der Waals surface area contributed by atoms with Gasteiger partial charge in [0.2, 0.25) is 0 Å². The van der Waals surface area contributed by atoms with Crippen molar-refractivity contribution in [2.75, 3.05) is 0 Å². The van der Waals surface area contributed by atoms with E-state index in [1.54, 1.807) is 0 Å². The van der Waals surface area contributed by atoms with Crippen LogP contribution in [0.2, 0.25) is 0 Å². The van der Waals surface area contributed by atoms with E-state index in [1.807, 2.05) is 72.8 Å². The van der Waals surface area contributed by atoms with E-state index < -0.39 is 0 Å². The normalized spacial score (nSPS) is 12.6. The lowest BCUT2D eigenvalue weighted by Crippen LogP contribution is -2.15. The largest absolute Gasteiger partial charge is 0.208 e. The van der Waals surface area contributed by atoms with E-state index in [2.05, 4.69) is 92.7 Å². The quantitative estimate of drug-likeness (QED) is 0.197. The molecule has 0 saturated carbocycles. The number of hydrogen-bond acceptors (Lipinski definition) is 4. The Morgan fingerprint density at radius 1 is 0.426 bits per heavy atom. The molecule has 4 heteroatoms. The van der Waals surface area contributed by atoms with Crippen molar-refractivity contribution in [3.05, 3.63) is 162 Å². The first-order valence-corrected chi connectivity index (χ1v) is 15.8. The third kappa shape index (κ3) is 4.99. The molecule has 0 bridgehead atoms. The molecule has 0 spiro atoms. The summed E-state index contributed by atoms with van der Waals surface area (Å²) in [6.45, 7) is 4.52. The zero-order valence-corrected chi connectivity index (χ0v) is 26.1. The van der Waals surface area contributed by atoms with E-state index in [4.69, 9.17) is 15.0 Å². The van der Waals surface area contributed by atoms with Crippen molar-refractivity contribution >= 4 is 0 Å². The summed E-state index contributed by atoms with van der Waals surface area (Å²) < 4.78 is 0. The van der Waals surface area contributed by atoms with Crippen LogP contribution in [-0.2, 0) is 5.41 Å². The van der Waals surface area contributed by atoms with Crippen LogP contribution in [0.4, 0.5) is 0 Å². The molecule has 0 saturated heterocycles. The number of hydrogen-bond donors (Lipinski definition) is 0. The second-order valence-corrected chi connectivity index (χ2v) is 12.4. The fourth-order valence-electron chi connectivity index (χ4n) is 6.73. The zero-order valence-electron chi connectivity index (χ0n) is 26.1. The van der Waals surface area contributed by atoms with E-state index in [0.29, 0.717) is 23.0 Å². The molecule has 1 aliphatic carbocycles.